The number of nitriles is 1. The maximum absolute atomic E-state index is 8.86. The zero-order valence-corrected chi connectivity index (χ0v) is 24.4. The third-order valence-corrected chi connectivity index (χ3v) is 8.50. The van der Waals surface area contributed by atoms with Crippen LogP contribution < -0.4 is 10.2 Å². The molecule has 2 N–H and O–H groups in total. The van der Waals surface area contributed by atoms with Gasteiger partial charge in [0.2, 0.25) is 0 Å². The molecule has 0 spiro atoms. The number of likely N-dealkylation sites (tertiary alicyclic amines) is 1. The Hall–Kier alpha value is -2.71. The fourth-order valence-electron chi connectivity index (χ4n) is 5.56. The molecule has 0 unspecified atom stereocenters. The van der Waals surface area contributed by atoms with E-state index in [0.29, 0.717) is 12.5 Å². The minimum Gasteiger partial charge on any atom is -0.385 e. The lowest BCUT2D eigenvalue weighted by molar-refractivity contribution is 0.182. The van der Waals surface area contributed by atoms with Gasteiger partial charge in [0.25, 0.3) is 0 Å². The molecule has 2 aromatic heterocycles. The van der Waals surface area contributed by atoms with Crippen LogP contribution in [0.3, 0.4) is 0 Å². The Morgan fingerprint density at radius 3 is 2.51 bits per heavy atom. The zero-order valence-electron chi connectivity index (χ0n) is 22.8. The van der Waals surface area contributed by atoms with E-state index < -0.39 is 0 Å². The van der Waals surface area contributed by atoms with Crippen molar-refractivity contribution >= 4 is 38.5 Å². The Kier molecular flexibility index (Phi) is 9.69. The average Bonchev–Trinajstić information content (AvgIpc) is 3.42. The fraction of sp³-hybridized carbons (Fsp3) is 0.552. The Balaban J connectivity index is 1.21. The van der Waals surface area contributed by atoms with Crippen LogP contribution in [-0.4, -0.2) is 96.9 Å². The summed E-state index contributed by atoms with van der Waals surface area (Å²) in [5.41, 5.74) is 4.96. The number of anilines is 2. The number of nitrogens with zero attached hydrogens (tertiary/aromatic N) is 6. The summed E-state index contributed by atoms with van der Waals surface area (Å²) in [7, 11) is 1.77. The molecule has 0 radical (unpaired) electrons. The van der Waals surface area contributed by atoms with Gasteiger partial charge in [0.05, 0.1) is 16.2 Å². The van der Waals surface area contributed by atoms with Gasteiger partial charge in [0, 0.05) is 89.4 Å². The van der Waals surface area contributed by atoms with Gasteiger partial charge in [0.15, 0.2) is 5.65 Å². The van der Waals surface area contributed by atoms with E-state index in [-0.39, 0.29) is 0 Å². The number of pyridine rings is 1. The molecule has 3 aromatic rings. The van der Waals surface area contributed by atoms with E-state index in [1.165, 1.54) is 12.1 Å². The van der Waals surface area contributed by atoms with Crippen molar-refractivity contribution in [2.24, 2.45) is 0 Å². The van der Waals surface area contributed by atoms with Crippen LogP contribution in [0.25, 0.3) is 22.6 Å². The Labute approximate surface area is 239 Å². The number of hydrogen-bond acceptors (Lipinski definition) is 8. The first kappa shape index (κ1) is 27.8. The van der Waals surface area contributed by atoms with Crippen molar-refractivity contribution in [1.82, 2.24) is 24.8 Å². The number of H-pyrrole nitrogens is 1. The third kappa shape index (κ3) is 7.09. The van der Waals surface area contributed by atoms with E-state index in [0.717, 1.165) is 111 Å². The Morgan fingerprint density at radius 1 is 1.05 bits per heavy atom. The highest BCUT2D eigenvalue weighted by Crippen LogP contribution is 2.33. The van der Waals surface area contributed by atoms with Crippen LogP contribution >= 0.6 is 15.9 Å². The lowest BCUT2D eigenvalue weighted by Gasteiger charge is -2.36. The number of nitrogens with one attached hydrogen (secondary N) is 2. The predicted molar refractivity (Wildman–Crippen MR) is 160 cm³/mol. The average molecular weight is 596 g/mol. The van der Waals surface area contributed by atoms with Gasteiger partial charge in [-0.2, -0.15) is 5.26 Å². The maximum Gasteiger partial charge on any atom is 0.159 e. The van der Waals surface area contributed by atoms with Crippen LogP contribution in [-0.2, 0) is 4.74 Å². The predicted octanol–water partition coefficient (Wildman–Crippen LogP) is 4.73. The van der Waals surface area contributed by atoms with E-state index in [4.69, 9.17) is 15.0 Å². The van der Waals surface area contributed by atoms with Crippen molar-refractivity contribution in [3.8, 4) is 17.5 Å². The van der Waals surface area contributed by atoms with Crippen molar-refractivity contribution in [2.75, 3.05) is 76.3 Å². The number of fused-ring (bicyclic) bond motifs is 1. The Morgan fingerprint density at radius 2 is 1.79 bits per heavy atom. The molecule has 9 nitrogen and oxygen atoms in total. The highest BCUT2D eigenvalue weighted by atomic mass is 79.9. The second-order valence-corrected chi connectivity index (χ2v) is 11.4. The van der Waals surface area contributed by atoms with E-state index in [2.05, 4.69) is 76.2 Å². The van der Waals surface area contributed by atoms with Gasteiger partial charge >= 0.3 is 0 Å². The number of hydrogen-bond donors (Lipinski definition) is 2. The number of piperidine rings is 1. The molecule has 0 bridgehead atoms. The van der Waals surface area contributed by atoms with Gasteiger partial charge in [-0.05, 0) is 72.4 Å². The quantitative estimate of drug-likeness (QED) is 0.308. The number of benzene rings is 1. The molecule has 208 valence electrons. The van der Waals surface area contributed by atoms with Gasteiger partial charge in [-0.3, -0.25) is 4.90 Å². The number of piperazine rings is 1. The molecule has 0 saturated carbocycles. The molecule has 2 saturated heterocycles. The highest BCUT2D eigenvalue weighted by molar-refractivity contribution is 9.10. The normalized spacial score (nSPS) is 17.5. The van der Waals surface area contributed by atoms with Crippen molar-refractivity contribution in [3.63, 3.8) is 0 Å². The summed E-state index contributed by atoms with van der Waals surface area (Å²) in [6, 6.07) is 11.3. The molecule has 1 aromatic carbocycles. The van der Waals surface area contributed by atoms with Crippen LogP contribution in [0, 0.1) is 11.3 Å². The summed E-state index contributed by atoms with van der Waals surface area (Å²) in [5.74, 6) is 0.831. The lowest BCUT2D eigenvalue weighted by Crippen LogP contribution is -2.46. The summed E-state index contributed by atoms with van der Waals surface area (Å²) < 4.78 is 6.09. The third-order valence-electron chi connectivity index (χ3n) is 7.89. The Bertz CT molecular complexity index is 1240. The molecule has 39 heavy (non-hydrogen) atoms. The lowest BCUT2D eigenvalue weighted by atomic mass is 10.0. The SMILES string of the molecule is COCCCCN1CCN(c2ccc(-c3nc4c(NC5CCN(CCC#N)CC5)c(Br)cnc4[nH]3)cc2)CC1. The van der Waals surface area contributed by atoms with Crippen molar-refractivity contribution in [2.45, 2.75) is 38.1 Å². The van der Waals surface area contributed by atoms with Gasteiger partial charge in [-0.15, -0.1) is 0 Å². The smallest absolute Gasteiger partial charge is 0.159 e. The number of ether oxygens (including phenoxy) is 1. The van der Waals surface area contributed by atoms with Gasteiger partial charge in [0.1, 0.15) is 11.3 Å². The molecule has 0 aliphatic carbocycles. The number of aromatic nitrogens is 3. The van der Waals surface area contributed by atoms with Crippen LogP contribution in [0.4, 0.5) is 11.4 Å². The zero-order chi connectivity index (χ0) is 27.0. The molecule has 0 atom stereocenters. The second kappa shape index (κ2) is 13.6. The van der Waals surface area contributed by atoms with E-state index in [9.17, 15) is 0 Å². The fourth-order valence-corrected chi connectivity index (χ4v) is 5.96. The van der Waals surface area contributed by atoms with Gasteiger partial charge in [-0.1, -0.05) is 0 Å². The van der Waals surface area contributed by atoms with Crippen LogP contribution in [0.2, 0.25) is 0 Å². The van der Waals surface area contributed by atoms with Crippen molar-refractivity contribution in [1.29, 1.82) is 5.26 Å². The largest absolute Gasteiger partial charge is 0.385 e. The van der Waals surface area contributed by atoms with E-state index >= 15 is 0 Å². The molecule has 10 heteroatoms. The summed E-state index contributed by atoms with van der Waals surface area (Å²) in [4.78, 5) is 20.4. The molecule has 2 fully saturated rings. The van der Waals surface area contributed by atoms with Gasteiger partial charge in [-0.25, -0.2) is 9.97 Å². The monoisotopic (exact) mass is 594 g/mol. The topological polar surface area (TPSA) is 96.3 Å². The molecular formula is C29H39BrN8O. The second-order valence-electron chi connectivity index (χ2n) is 10.5. The summed E-state index contributed by atoms with van der Waals surface area (Å²) in [6.45, 7) is 9.20. The van der Waals surface area contributed by atoms with Crippen molar-refractivity contribution < 1.29 is 4.74 Å². The molecule has 0 amide bonds. The molecular weight excluding hydrogens is 556 g/mol. The number of rotatable bonds is 11. The first-order valence-electron chi connectivity index (χ1n) is 14.1. The number of imidazole rings is 1. The first-order chi connectivity index (χ1) is 19.1. The standard InChI is InChI=1S/C29H39BrN8O/c1-39-20-3-2-12-37-16-18-38(19-17-37)24-7-5-22(6-8-24)28-34-27-26(25(30)21-32-29(27)35-28)33-23-9-14-36(15-10-23)13-4-11-31/h5-8,21,23H,2-4,9-10,12-20H2,1H3,(H2,32,33,34,35). The number of aromatic amines is 1. The minimum absolute atomic E-state index is 0.371. The first-order valence-corrected chi connectivity index (χ1v) is 14.9. The summed E-state index contributed by atoms with van der Waals surface area (Å²) in [5, 5.41) is 12.6. The summed E-state index contributed by atoms with van der Waals surface area (Å²) in [6.07, 6.45) is 6.86. The van der Waals surface area contributed by atoms with Crippen LogP contribution in [0.1, 0.15) is 32.1 Å². The van der Waals surface area contributed by atoms with Crippen LogP contribution in [0.5, 0.6) is 0 Å². The number of halogens is 1. The molecule has 2 aliphatic heterocycles. The summed E-state index contributed by atoms with van der Waals surface area (Å²) >= 11 is 3.69. The van der Waals surface area contributed by atoms with Crippen molar-refractivity contribution in [3.05, 3.63) is 34.9 Å². The van der Waals surface area contributed by atoms with E-state index in [1.54, 1.807) is 7.11 Å². The highest BCUT2D eigenvalue weighted by Gasteiger charge is 2.22. The van der Waals surface area contributed by atoms with E-state index in [1.807, 2.05) is 6.20 Å². The van der Waals surface area contributed by atoms with Crippen LogP contribution in [0.15, 0.2) is 34.9 Å². The van der Waals surface area contributed by atoms with Gasteiger partial charge < -0.3 is 24.8 Å². The minimum atomic E-state index is 0.371. The number of unbranched alkanes of at least 4 members (excludes halogenated alkanes) is 1. The maximum atomic E-state index is 8.86. The molecule has 2 aliphatic rings. The molecule has 4 heterocycles. The number of methoxy groups -OCH3 is 1. The molecule has 5 rings (SSSR count).